The molecule has 0 aliphatic carbocycles. The van der Waals surface area contributed by atoms with Gasteiger partial charge in [-0.25, -0.2) is 4.79 Å². The molecule has 3 heteroatoms. The van der Waals surface area contributed by atoms with E-state index in [4.69, 9.17) is 4.74 Å². The quantitative estimate of drug-likeness (QED) is 0.676. The van der Waals surface area contributed by atoms with Gasteiger partial charge in [-0.05, 0) is 44.4 Å². The largest absolute Gasteiger partial charge is 0.462 e. The summed E-state index contributed by atoms with van der Waals surface area (Å²) in [5.74, 6) is 0.833. The van der Waals surface area contributed by atoms with E-state index in [1.807, 2.05) is 19.9 Å². The number of rotatable bonds is 2. The third kappa shape index (κ3) is 4.12. The van der Waals surface area contributed by atoms with Gasteiger partial charge in [-0.3, -0.25) is 0 Å². The van der Waals surface area contributed by atoms with Crippen molar-refractivity contribution < 1.29 is 9.53 Å². The minimum atomic E-state index is -0.174. The Morgan fingerprint density at radius 3 is 3.07 bits per heavy atom. The van der Waals surface area contributed by atoms with Gasteiger partial charge in [0.15, 0.2) is 0 Å². The van der Waals surface area contributed by atoms with Crippen molar-refractivity contribution in [2.45, 2.75) is 33.1 Å². The van der Waals surface area contributed by atoms with Crippen LogP contribution in [0.25, 0.3) is 0 Å². The Hall–Kier alpha value is -0.700. The van der Waals surface area contributed by atoms with Crippen LogP contribution in [0.2, 0.25) is 0 Å². The van der Waals surface area contributed by atoms with Crippen LogP contribution in [0.4, 0.5) is 0 Å². The van der Waals surface area contributed by atoms with Crippen molar-refractivity contribution in [2.24, 2.45) is 0 Å². The minimum Gasteiger partial charge on any atom is -0.462 e. The zero-order chi connectivity index (χ0) is 11.1. The van der Waals surface area contributed by atoms with Crippen molar-refractivity contribution in [3.63, 3.8) is 0 Å². The summed E-state index contributed by atoms with van der Waals surface area (Å²) >= 11 is 1.62. The summed E-state index contributed by atoms with van der Waals surface area (Å²) in [6, 6.07) is 0. The lowest BCUT2D eigenvalue weighted by molar-refractivity contribution is -0.137. The number of hydrogen-bond donors (Lipinski definition) is 0. The predicted molar refractivity (Wildman–Crippen MR) is 64.8 cm³/mol. The molecule has 84 valence electrons. The number of ether oxygens (including phenoxy) is 1. The first-order valence-corrected chi connectivity index (χ1v) is 6.41. The molecular weight excluding hydrogens is 208 g/mol. The Labute approximate surface area is 95.8 Å². The van der Waals surface area contributed by atoms with Gasteiger partial charge in [0.1, 0.15) is 0 Å². The lowest BCUT2D eigenvalue weighted by Gasteiger charge is -2.07. The van der Waals surface area contributed by atoms with Gasteiger partial charge < -0.3 is 4.74 Å². The van der Waals surface area contributed by atoms with E-state index in [1.54, 1.807) is 11.8 Å². The Balaban J connectivity index is 2.78. The molecule has 1 rings (SSSR count). The smallest absolute Gasteiger partial charge is 0.344 e. The summed E-state index contributed by atoms with van der Waals surface area (Å²) in [5, 5.41) is 0. The fourth-order valence-corrected chi connectivity index (χ4v) is 2.43. The molecule has 1 aliphatic heterocycles. The van der Waals surface area contributed by atoms with Crippen LogP contribution in [0.5, 0.6) is 0 Å². The fourth-order valence-electron chi connectivity index (χ4n) is 1.40. The Morgan fingerprint density at radius 1 is 1.53 bits per heavy atom. The van der Waals surface area contributed by atoms with E-state index in [-0.39, 0.29) is 5.97 Å². The number of carbonyl (C=O) groups excluding carboxylic acids is 1. The molecular formula is C12H18O2S. The lowest BCUT2D eigenvalue weighted by Crippen LogP contribution is -2.07. The summed E-state index contributed by atoms with van der Waals surface area (Å²) < 4.78 is 5.04. The molecule has 0 bridgehead atoms. The van der Waals surface area contributed by atoms with E-state index in [2.05, 4.69) is 6.08 Å². The molecule has 0 aromatic rings. The second kappa shape index (κ2) is 6.72. The second-order valence-corrected chi connectivity index (χ2v) is 4.58. The first-order valence-electron chi connectivity index (χ1n) is 5.43. The van der Waals surface area contributed by atoms with Gasteiger partial charge in [0.05, 0.1) is 11.5 Å². The summed E-state index contributed by atoms with van der Waals surface area (Å²) in [6.45, 7) is 4.25. The van der Waals surface area contributed by atoms with E-state index in [9.17, 15) is 4.79 Å². The van der Waals surface area contributed by atoms with E-state index in [1.165, 1.54) is 6.42 Å². The molecule has 2 nitrogen and oxygen atoms in total. The molecule has 0 atom stereocenters. The van der Waals surface area contributed by atoms with Crippen LogP contribution in [0.15, 0.2) is 22.6 Å². The summed E-state index contributed by atoms with van der Waals surface area (Å²) in [7, 11) is 0. The number of thioether (sulfide) groups is 1. The van der Waals surface area contributed by atoms with Crippen molar-refractivity contribution in [1.29, 1.82) is 0 Å². The van der Waals surface area contributed by atoms with Crippen molar-refractivity contribution in [2.75, 3.05) is 12.4 Å². The summed E-state index contributed by atoms with van der Waals surface area (Å²) in [6.07, 6.45) is 7.64. The highest BCUT2D eigenvalue weighted by atomic mass is 32.2. The summed E-state index contributed by atoms with van der Waals surface area (Å²) in [5.41, 5.74) is 1.03. The monoisotopic (exact) mass is 226 g/mol. The molecule has 1 heterocycles. The molecule has 0 unspecified atom stereocenters. The highest BCUT2D eigenvalue weighted by Gasteiger charge is 2.14. The molecule has 15 heavy (non-hydrogen) atoms. The van der Waals surface area contributed by atoms with Crippen molar-refractivity contribution in [1.82, 2.24) is 0 Å². The SMILES string of the molecule is CCOC(=O)/C1=C(C)/C=C\CCCCS1. The van der Waals surface area contributed by atoms with Gasteiger partial charge >= 0.3 is 5.97 Å². The third-order valence-electron chi connectivity index (χ3n) is 2.20. The van der Waals surface area contributed by atoms with Gasteiger partial charge in [0.2, 0.25) is 0 Å². The molecule has 0 amide bonds. The number of hydrogen-bond acceptors (Lipinski definition) is 3. The maximum atomic E-state index is 11.7. The Kier molecular flexibility index (Phi) is 5.54. The minimum absolute atomic E-state index is 0.174. The predicted octanol–water partition coefficient (Wildman–Crippen LogP) is 3.30. The molecule has 1 aliphatic rings. The Bertz CT molecular complexity index is 279. The topological polar surface area (TPSA) is 26.3 Å². The van der Waals surface area contributed by atoms with Crippen molar-refractivity contribution in [3.05, 3.63) is 22.6 Å². The first-order chi connectivity index (χ1) is 7.25. The molecule has 0 radical (unpaired) electrons. The third-order valence-corrected chi connectivity index (χ3v) is 3.47. The molecule has 0 aromatic carbocycles. The molecule has 0 fully saturated rings. The zero-order valence-electron chi connectivity index (χ0n) is 9.41. The van der Waals surface area contributed by atoms with E-state index in [0.717, 1.165) is 29.1 Å². The molecule has 0 spiro atoms. The molecule has 0 aromatic heterocycles. The average molecular weight is 226 g/mol. The zero-order valence-corrected chi connectivity index (χ0v) is 10.2. The van der Waals surface area contributed by atoms with Crippen LogP contribution in [0.3, 0.4) is 0 Å². The maximum Gasteiger partial charge on any atom is 0.344 e. The maximum absolute atomic E-state index is 11.7. The standard InChI is InChI=1S/C12H18O2S/c1-3-14-12(13)11-10(2)8-6-4-5-7-9-15-11/h6,8H,3-5,7,9H2,1-2H3/b8-6-,11-10-. The van der Waals surface area contributed by atoms with Gasteiger partial charge in [0, 0.05) is 0 Å². The van der Waals surface area contributed by atoms with Crippen molar-refractivity contribution >= 4 is 17.7 Å². The van der Waals surface area contributed by atoms with Crippen LogP contribution in [0, 0.1) is 0 Å². The van der Waals surface area contributed by atoms with Crippen LogP contribution < -0.4 is 0 Å². The highest BCUT2D eigenvalue weighted by Crippen LogP contribution is 2.25. The van der Waals surface area contributed by atoms with Crippen molar-refractivity contribution in [3.8, 4) is 0 Å². The van der Waals surface area contributed by atoms with Gasteiger partial charge in [0.25, 0.3) is 0 Å². The van der Waals surface area contributed by atoms with E-state index >= 15 is 0 Å². The van der Waals surface area contributed by atoms with Crippen LogP contribution in [0.1, 0.15) is 33.1 Å². The average Bonchev–Trinajstić information content (AvgIpc) is 2.30. The molecule has 0 saturated carbocycles. The first kappa shape index (κ1) is 12.4. The van der Waals surface area contributed by atoms with Gasteiger partial charge in [-0.2, -0.15) is 0 Å². The molecule has 0 N–H and O–H groups in total. The second-order valence-electron chi connectivity index (χ2n) is 3.48. The Morgan fingerprint density at radius 2 is 2.33 bits per heavy atom. The van der Waals surface area contributed by atoms with Gasteiger partial charge in [-0.1, -0.05) is 12.2 Å². The van der Waals surface area contributed by atoms with E-state index < -0.39 is 0 Å². The summed E-state index contributed by atoms with van der Waals surface area (Å²) in [4.78, 5) is 12.4. The number of esters is 1. The fraction of sp³-hybridized carbons (Fsp3) is 0.583. The van der Waals surface area contributed by atoms with Gasteiger partial charge in [-0.15, -0.1) is 11.8 Å². The van der Waals surface area contributed by atoms with E-state index in [0.29, 0.717) is 6.61 Å². The van der Waals surface area contributed by atoms with Crippen LogP contribution in [-0.2, 0) is 9.53 Å². The number of allylic oxidation sites excluding steroid dienone is 3. The van der Waals surface area contributed by atoms with Crippen LogP contribution in [-0.4, -0.2) is 18.3 Å². The van der Waals surface area contributed by atoms with Crippen LogP contribution >= 0.6 is 11.8 Å². The molecule has 0 saturated heterocycles. The number of carbonyl (C=O) groups is 1. The lowest BCUT2D eigenvalue weighted by atomic mass is 10.2. The highest BCUT2D eigenvalue weighted by molar-refractivity contribution is 8.04. The normalized spacial score (nSPS) is 24.9.